The van der Waals surface area contributed by atoms with E-state index in [9.17, 15) is 14.9 Å². The molecule has 0 unspecified atom stereocenters. The van der Waals surface area contributed by atoms with E-state index in [2.05, 4.69) is 0 Å². The number of ether oxygens (including phenoxy) is 2. The molecule has 2 aromatic carbocycles. The Kier molecular flexibility index (Phi) is 7.30. The smallest absolute Gasteiger partial charge is 0.338 e. The minimum Gasteiger partial charge on any atom is -0.488 e. The van der Waals surface area contributed by atoms with Crippen molar-refractivity contribution in [2.24, 2.45) is 0 Å². The van der Waals surface area contributed by atoms with Crippen molar-refractivity contribution in [2.45, 2.75) is 25.7 Å². The maximum absolute atomic E-state index is 12.3. The maximum Gasteiger partial charge on any atom is 0.338 e. The number of anilines is 1. The molecule has 0 atom stereocenters. The van der Waals surface area contributed by atoms with Gasteiger partial charge in [0.1, 0.15) is 24.7 Å². The van der Waals surface area contributed by atoms with Crippen LogP contribution in [0, 0.1) is 10.1 Å². The average molecular weight is 419 g/mol. The lowest BCUT2D eigenvalue weighted by molar-refractivity contribution is -0.384. The summed E-state index contributed by atoms with van der Waals surface area (Å²) in [6.07, 6.45) is 4.27. The molecule has 0 amide bonds. The van der Waals surface area contributed by atoms with Crippen LogP contribution in [-0.4, -0.2) is 37.2 Å². The number of esters is 1. The van der Waals surface area contributed by atoms with E-state index in [1.807, 2.05) is 4.90 Å². The zero-order chi connectivity index (χ0) is 20.6. The van der Waals surface area contributed by atoms with Gasteiger partial charge in [0.05, 0.1) is 15.5 Å². The van der Waals surface area contributed by atoms with Gasteiger partial charge in [0, 0.05) is 19.2 Å². The van der Waals surface area contributed by atoms with Crippen molar-refractivity contribution in [2.75, 3.05) is 31.2 Å². The SMILES string of the molecule is O=C(OCCOc1ccccc1Cl)c1ccc(N2CCCCCC2)c([N+](=O)[O-])c1. The Balaban J connectivity index is 1.62. The Bertz CT molecular complexity index is 866. The molecule has 1 heterocycles. The minimum absolute atomic E-state index is 0.00569. The Labute approximate surface area is 174 Å². The van der Waals surface area contributed by atoms with Crippen molar-refractivity contribution >= 4 is 28.9 Å². The summed E-state index contributed by atoms with van der Waals surface area (Å²) >= 11 is 6.00. The molecule has 7 nitrogen and oxygen atoms in total. The molecule has 1 aliphatic rings. The van der Waals surface area contributed by atoms with Gasteiger partial charge < -0.3 is 14.4 Å². The zero-order valence-electron chi connectivity index (χ0n) is 16.0. The molecule has 3 rings (SSSR count). The summed E-state index contributed by atoms with van der Waals surface area (Å²) in [5.41, 5.74) is 0.622. The Morgan fingerprint density at radius 3 is 2.48 bits per heavy atom. The fraction of sp³-hybridized carbons (Fsp3) is 0.381. The molecule has 0 N–H and O–H groups in total. The van der Waals surface area contributed by atoms with E-state index in [1.54, 1.807) is 36.4 Å². The molecule has 0 bridgehead atoms. The van der Waals surface area contributed by atoms with Crippen LogP contribution in [-0.2, 0) is 4.74 Å². The quantitative estimate of drug-likeness (QED) is 0.276. The lowest BCUT2D eigenvalue weighted by Crippen LogP contribution is -2.25. The van der Waals surface area contributed by atoms with E-state index in [1.165, 1.54) is 6.07 Å². The molecule has 1 fully saturated rings. The fourth-order valence-corrected chi connectivity index (χ4v) is 3.50. The van der Waals surface area contributed by atoms with Crippen molar-refractivity contribution in [3.63, 3.8) is 0 Å². The van der Waals surface area contributed by atoms with Crippen LogP contribution >= 0.6 is 11.6 Å². The summed E-state index contributed by atoms with van der Waals surface area (Å²) in [5, 5.41) is 12.0. The summed E-state index contributed by atoms with van der Waals surface area (Å²) in [7, 11) is 0. The molecule has 1 saturated heterocycles. The standard InChI is InChI=1S/C21H23ClN2O5/c22-17-7-3-4-8-20(17)28-13-14-29-21(25)16-9-10-18(19(15-16)24(26)27)23-11-5-1-2-6-12-23/h3-4,7-10,15H,1-2,5-6,11-14H2. The summed E-state index contributed by atoms with van der Waals surface area (Å²) < 4.78 is 10.7. The third kappa shape index (κ3) is 5.60. The lowest BCUT2D eigenvalue weighted by atomic mass is 10.1. The van der Waals surface area contributed by atoms with Gasteiger partial charge in [0.2, 0.25) is 0 Å². The van der Waals surface area contributed by atoms with Gasteiger partial charge in [-0.3, -0.25) is 10.1 Å². The number of rotatable bonds is 7. The fourth-order valence-electron chi connectivity index (χ4n) is 3.31. The molecule has 0 spiro atoms. The number of nitrogens with zero attached hydrogens (tertiary/aromatic N) is 2. The van der Waals surface area contributed by atoms with Gasteiger partial charge in [0.25, 0.3) is 5.69 Å². The summed E-state index contributed by atoms with van der Waals surface area (Å²) in [5.74, 6) is -0.124. The molecule has 0 saturated carbocycles. The molecule has 0 aromatic heterocycles. The number of para-hydroxylation sites is 1. The predicted molar refractivity (Wildman–Crippen MR) is 111 cm³/mol. The minimum atomic E-state index is -0.627. The third-order valence-corrected chi connectivity index (χ3v) is 5.08. The molecule has 2 aromatic rings. The second kappa shape index (κ2) is 10.1. The summed E-state index contributed by atoms with van der Waals surface area (Å²) in [4.78, 5) is 25.4. The first-order valence-electron chi connectivity index (χ1n) is 9.64. The first-order chi connectivity index (χ1) is 14.1. The van der Waals surface area contributed by atoms with Gasteiger partial charge in [-0.25, -0.2) is 4.79 Å². The number of carbonyl (C=O) groups excluding carboxylic acids is 1. The number of nitro groups is 1. The highest BCUT2D eigenvalue weighted by molar-refractivity contribution is 6.32. The van der Waals surface area contributed by atoms with Crippen molar-refractivity contribution in [1.29, 1.82) is 0 Å². The number of hydrogen-bond donors (Lipinski definition) is 0. The number of nitro benzene ring substituents is 1. The highest BCUT2D eigenvalue weighted by Crippen LogP contribution is 2.31. The number of benzene rings is 2. The van der Waals surface area contributed by atoms with Crippen LogP contribution in [0.5, 0.6) is 5.75 Å². The summed E-state index contributed by atoms with van der Waals surface area (Å²) in [6.45, 7) is 1.70. The summed E-state index contributed by atoms with van der Waals surface area (Å²) in [6, 6.07) is 11.5. The van der Waals surface area contributed by atoms with Crippen molar-refractivity contribution in [3.8, 4) is 5.75 Å². The van der Waals surface area contributed by atoms with Crippen LogP contribution in [0.4, 0.5) is 11.4 Å². The van der Waals surface area contributed by atoms with Gasteiger partial charge in [-0.2, -0.15) is 0 Å². The number of hydrogen-bond acceptors (Lipinski definition) is 6. The molecule has 8 heteroatoms. The molecule has 154 valence electrons. The van der Waals surface area contributed by atoms with E-state index in [0.717, 1.165) is 38.8 Å². The number of halogens is 1. The molecular weight excluding hydrogens is 396 g/mol. The highest BCUT2D eigenvalue weighted by atomic mass is 35.5. The van der Waals surface area contributed by atoms with Crippen LogP contribution < -0.4 is 9.64 Å². The first kappa shape index (κ1) is 20.9. The topological polar surface area (TPSA) is 81.9 Å². The predicted octanol–water partition coefficient (Wildman–Crippen LogP) is 4.86. The molecule has 1 aliphatic heterocycles. The van der Waals surface area contributed by atoms with Crippen LogP contribution in [0.2, 0.25) is 5.02 Å². The van der Waals surface area contributed by atoms with Gasteiger partial charge in [-0.05, 0) is 37.1 Å². The highest BCUT2D eigenvalue weighted by Gasteiger charge is 2.23. The second-order valence-corrected chi connectivity index (χ2v) is 7.18. The van der Waals surface area contributed by atoms with Crippen LogP contribution in [0.3, 0.4) is 0 Å². The Hall–Kier alpha value is -2.80. The van der Waals surface area contributed by atoms with E-state index in [4.69, 9.17) is 21.1 Å². The Morgan fingerprint density at radius 2 is 1.79 bits per heavy atom. The first-order valence-corrected chi connectivity index (χ1v) is 10.0. The maximum atomic E-state index is 12.3. The van der Waals surface area contributed by atoms with Crippen molar-refractivity contribution < 1.29 is 19.2 Å². The molecule has 0 radical (unpaired) electrons. The zero-order valence-corrected chi connectivity index (χ0v) is 16.8. The van der Waals surface area contributed by atoms with Crippen LogP contribution in [0.15, 0.2) is 42.5 Å². The largest absolute Gasteiger partial charge is 0.488 e. The van der Waals surface area contributed by atoms with Crippen LogP contribution in [0.1, 0.15) is 36.0 Å². The lowest BCUT2D eigenvalue weighted by Gasteiger charge is -2.22. The average Bonchev–Trinajstić information content (AvgIpc) is 3.01. The second-order valence-electron chi connectivity index (χ2n) is 6.78. The van der Waals surface area contributed by atoms with Gasteiger partial charge in [-0.15, -0.1) is 0 Å². The Morgan fingerprint density at radius 1 is 1.07 bits per heavy atom. The van der Waals surface area contributed by atoms with E-state index in [-0.39, 0.29) is 24.5 Å². The van der Waals surface area contributed by atoms with Gasteiger partial charge in [0.15, 0.2) is 0 Å². The van der Waals surface area contributed by atoms with E-state index in [0.29, 0.717) is 16.5 Å². The van der Waals surface area contributed by atoms with Gasteiger partial charge in [-0.1, -0.05) is 36.6 Å². The van der Waals surface area contributed by atoms with Gasteiger partial charge >= 0.3 is 5.97 Å². The van der Waals surface area contributed by atoms with Crippen LogP contribution in [0.25, 0.3) is 0 Å². The van der Waals surface area contributed by atoms with E-state index >= 15 is 0 Å². The monoisotopic (exact) mass is 418 g/mol. The van der Waals surface area contributed by atoms with Crippen molar-refractivity contribution in [1.82, 2.24) is 0 Å². The normalized spacial score (nSPS) is 14.2. The van der Waals surface area contributed by atoms with Crippen molar-refractivity contribution in [3.05, 3.63) is 63.2 Å². The molecule has 29 heavy (non-hydrogen) atoms. The number of carbonyl (C=O) groups is 1. The molecule has 0 aliphatic carbocycles. The third-order valence-electron chi connectivity index (χ3n) is 4.77. The molecular formula is C21H23ClN2O5. The van der Waals surface area contributed by atoms with E-state index < -0.39 is 10.9 Å².